The lowest BCUT2D eigenvalue weighted by atomic mass is 9.98. The normalized spacial score (nSPS) is 9.55. The number of hydrogen-bond acceptors (Lipinski definition) is 8. The molecule has 0 saturated heterocycles. The van der Waals surface area contributed by atoms with Crippen LogP contribution in [0.4, 0.5) is 0 Å². The molecule has 0 aliphatic carbocycles. The first-order valence-corrected chi connectivity index (χ1v) is 12.5. The molecule has 2 rings (SSSR count). The van der Waals surface area contributed by atoms with Gasteiger partial charge in [-0.1, -0.05) is 18.9 Å². The number of aliphatic hydroxyl groups is 4. The third-order valence-electron chi connectivity index (χ3n) is 5.24. The van der Waals surface area contributed by atoms with Gasteiger partial charge >= 0.3 is 23.9 Å². The summed E-state index contributed by atoms with van der Waals surface area (Å²) in [6.45, 7) is 4.16. The van der Waals surface area contributed by atoms with Gasteiger partial charge < -0.3 is 40.9 Å². The van der Waals surface area contributed by atoms with E-state index in [1.54, 1.807) is 13.8 Å². The minimum absolute atomic E-state index is 0.0186. The van der Waals surface area contributed by atoms with Gasteiger partial charge in [0.15, 0.2) is 0 Å². The Morgan fingerprint density at radius 2 is 0.800 bits per heavy atom. The van der Waals surface area contributed by atoms with Gasteiger partial charge in [0.1, 0.15) is 0 Å². The molecule has 12 nitrogen and oxygen atoms in total. The molecule has 0 spiro atoms. The molecule has 0 unspecified atom stereocenters. The number of rotatable bonds is 12. The third kappa shape index (κ3) is 16.9. The van der Waals surface area contributed by atoms with Gasteiger partial charge in [-0.25, -0.2) is 19.2 Å². The number of aromatic carboxylic acids is 4. The fourth-order valence-electron chi connectivity index (χ4n) is 2.87. The highest BCUT2D eigenvalue weighted by atomic mass is 16.4. The lowest BCUT2D eigenvalue weighted by molar-refractivity contribution is 0.0679. The van der Waals surface area contributed by atoms with Gasteiger partial charge in [-0.15, -0.1) is 0 Å². The molecule has 0 heterocycles. The van der Waals surface area contributed by atoms with Crippen LogP contribution < -0.4 is 0 Å². The van der Waals surface area contributed by atoms with E-state index in [0.717, 1.165) is 44.6 Å². The molecule has 0 aromatic heterocycles. The average Bonchev–Trinajstić information content (AvgIpc) is 2.92. The molecule has 0 bridgehead atoms. The van der Waals surface area contributed by atoms with Crippen LogP contribution in [-0.2, 0) is 0 Å². The first-order chi connectivity index (χ1) is 18.9. The van der Waals surface area contributed by atoms with E-state index >= 15 is 0 Å². The number of carbonyl (C=O) groups is 4. The van der Waals surface area contributed by atoms with Crippen LogP contribution in [0.5, 0.6) is 0 Å². The molecule has 0 amide bonds. The maximum absolute atomic E-state index is 10.7. The summed E-state index contributed by atoms with van der Waals surface area (Å²) in [4.78, 5) is 42.2. The van der Waals surface area contributed by atoms with Crippen molar-refractivity contribution in [2.24, 2.45) is 0 Å². The monoisotopic (exact) mass is 568 g/mol. The van der Waals surface area contributed by atoms with Gasteiger partial charge in [0.2, 0.25) is 0 Å². The van der Waals surface area contributed by atoms with E-state index in [4.69, 9.17) is 40.9 Å². The van der Waals surface area contributed by atoms with E-state index in [0.29, 0.717) is 11.1 Å². The molecule has 0 aliphatic rings. The van der Waals surface area contributed by atoms with Crippen molar-refractivity contribution in [1.29, 1.82) is 0 Å². The van der Waals surface area contributed by atoms with Gasteiger partial charge in [0.25, 0.3) is 0 Å². The molecular formula is C28H40O12. The van der Waals surface area contributed by atoms with Gasteiger partial charge in [0.05, 0.1) is 22.3 Å². The summed E-state index contributed by atoms with van der Waals surface area (Å²) in [5.74, 6) is -4.33. The van der Waals surface area contributed by atoms with Crippen molar-refractivity contribution in [3.63, 3.8) is 0 Å². The van der Waals surface area contributed by atoms with Crippen molar-refractivity contribution >= 4 is 23.9 Å². The molecule has 2 aromatic carbocycles. The maximum Gasteiger partial charge on any atom is 0.335 e. The van der Waals surface area contributed by atoms with Crippen LogP contribution in [0.25, 0.3) is 0 Å². The van der Waals surface area contributed by atoms with Crippen molar-refractivity contribution in [3.8, 4) is 0 Å². The SMILES string of the molecule is Cc1c(C(=O)O)ccc(C(=O)O)c1C.O=C(O)c1cccc(C(=O)O)c1.OCCCCCCO.OCCCCO. The zero-order valence-corrected chi connectivity index (χ0v) is 22.7. The second kappa shape index (κ2) is 23.1. The second-order valence-corrected chi connectivity index (χ2v) is 8.23. The predicted octanol–water partition coefficient (Wildman–Crippen LogP) is 3.07. The summed E-state index contributed by atoms with van der Waals surface area (Å²) in [6.07, 6.45) is 5.26. The molecule has 0 radical (unpaired) electrons. The molecule has 224 valence electrons. The lowest BCUT2D eigenvalue weighted by Gasteiger charge is -2.07. The summed E-state index contributed by atoms with van der Waals surface area (Å²) in [5.41, 5.74) is 1.25. The van der Waals surface area contributed by atoms with Gasteiger partial charge in [-0.3, -0.25) is 0 Å². The molecule has 40 heavy (non-hydrogen) atoms. The van der Waals surface area contributed by atoms with Crippen molar-refractivity contribution < 1.29 is 60.0 Å². The second-order valence-electron chi connectivity index (χ2n) is 8.23. The van der Waals surface area contributed by atoms with Crippen LogP contribution in [0.2, 0.25) is 0 Å². The zero-order valence-electron chi connectivity index (χ0n) is 22.7. The Morgan fingerprint density at radius 1 is 0.500 bits per heavy atom. The Balaban J connectivity index is 0. The van der Waals surface area contributed by atoms with Crippen LogP contribution in [0, 0.1) is 13.8 Å². The number of carboxylic acids is 4. The highest BCUT2D eigenvalue weighted by Crippen LogP contribution is 2.17. The molecule has 2 aromatic rings. The third-order valence-corrected chi connectivity index (χ3v) is 5.24. The molecule has 0 atom stereocenters. The van der Waals surface area contributed by atoms with Crippen LogP contribution in [0.1, 0.15) is 91.1 Å². The van der Waals surface area contributed by atoms with Gasteiger partial charge in [0, 0.05) is 26.4 Å². The van der Waals surface area contributed by atoms with Gasteiger partial charge in [-0.05, 0) is 81.0 Å². The highest BCUT2D eigenvalue weighted by Gasteiger charge is 2.14. The highest BCUT2D eigenvalue weighted by molar-refractivity contribution is 5.95. The van der Waals surface area contributed by atoms with E-state index in [2.05, 4.69) is 0 Å². The number of benzene rings is 2. The topological polar surface area (TPSA) is 230 Å². The summed E-state index contributed by atoms with van der Waals surface area (Å²) >= 11 is 0. The minimum Gasteiger partial charge on any atom is -0.478 e. The number of aliphatic hydroxyl groups excluding tert-OH is 4. The first-order valence-electron chi connectivity index (χ1n) is 12.5. The van der Waals surface area contributed by atoms with Crippen molar-refractivity contribution in [2.45, 2.75) is 52.4 Å². The Bertz CT molecular complexity index is 971. The fourth-order valence-corrected chi connectivity index (χ4v) is 2.87. The van der Waals surface area contributed by atoms with Crippen molar-refractivity contribution in [3.05, 3.63) is 69.8 Å². The van der Waals surface area contributed by atoms with Crippen molar-refractivity contribution in [1.82, 2.24) is 0 Å². The van der Waals surface area contributed by atoms with Crippen LogP contribution in [-0.4, -0.2) is 91.2 Å². The molecule has 0 aliphatic heterocycles. The molecule has 0 fully saturated rings. The van der Waals surface area contributed by atoms with Crippen LogP contribution in [0.3, 0.4) is 0 Å². The van der Waals surface area contributed by atoms with Crippen LogP contribution >= 0.6 is 0 Å². The van der Waals surface area contributed by atoms with E-state index in [1.165, 1.54) is 30.3 Å². The Labute approximate surface area is 232 Å². The quantitative estimate of drug-likeness (QED) is 0.173. The minimum atomic E-state index is -1.13. The van der Waals surface area contributed by atoms with Crippen molar-refractivity contribution in [2.75, 3.05) is 26.4 Å². The van der Waals surface area contributed by atoms with E-state index < -0.39 is 23.9 Å². The van der Waals surface area contributed by atoms with E-state index in [1.807, 2.05) is 0 Å². The average molecular weight is 569 g/mol. The molecule has 12 heteroatoms. The smallest absolute Gasteiger partial charge is 0.335 e. The number of unbranched alkanes of at least 4 members (excludes halogenated alkanes) is 4. The fraction of sp³-hybridized carbons (Fsp3) is 0.429. The first kappa shape index (κ1) is 38.3. The summed E-state index contributed by atoms with van der Waals surface area (Å²) < 4.78 is 0. The maximum atomic E-state index is 10.7. The lowest BCUT2D eigenvalue weighted by Crippen LogP contribution is -2.06. The van der Waals surface area contributed by atoms with E-state index in [-0.39, 0.29) is 48.7 Å². The predicted molar refractivity (Wildman–Crippen MR) is 146 cm³/mol. The van der Waals surface area contributed by atoms with Crippen LogP contribution in [0.15, 0.2) is 36.4 Å². The summed E-state index contributed by atoms with van der Waals surface area (Å²) in [5, 5.41) is 67.3. The number of hydrogen-bond donors (Lipinski definition) is 8. The Hall–Kier alpha value is -3.84. The summed E-state index contributed by atoms with van der Waals surface area (Å²) in [7, 11) is 0. The molecule has 8 N–H and O–H groups in total. The number of carboxylic acid groups (broad SMARTS) is 4. The Morgan fingerprint density at radius 3 is 1.05 bits per heavy atom. The van der Waals surface area contributed by atoms with Gasteiger partial charge in [-0.2, -0.15) is 0 Å². The standard InChI is InChI=1S/C10H10O4.C8H6O4.C6H14O2.C4H10O2/c1-5-6(2)8(10(13)14)4-3-7(5)9(11)12;9-7(10)5-2-1-3-6(4-5)8(11)12;7-5-3-1-2-4-6-8;5-3-1-2-4-6/h3-4H,1-2H3,(H,11,12)(H,13,14);1-4H,(H,9,10)(H,11,12);7-8H,1-6H2;5-6H,1-4H2. The summed E-state index contributed by atoms with van der Waals surface area (Å²) in [6, 6.07) is 7.82. The molecule has 0 saturated carbocycles. The van der Waals surface area contributed by atoms with E-state index in [9.17, 15) is 19.2 Å². The zero-order chi connectivity index (χ0) is 31.1. The molecular weight excluding hydrogens is 528 g/mol. The largest absolute Gasteiger partial charge is 0.478 e. The Kier molecular flexibility index (Phi) is 22.1.